The lowest BCUT2D eigenvalue weighted by Crippen LogP contribution is -2.62. The van der Waals surface area contributed by atoms with Crippen LogP contribution in [0.1, 0.15) is 89.9 Å². The Morgan fingerprint density at radius 2 is 1.78 bits per heavy atom. The first kappa shape index (κ1) is 23.3. The summed E-state index contributed by atoms with van der Waals surface area (Å²) >= 11 is 0. The van der Waals surface area contributed by atoms with Crippen molar-refractivity contribution in [3.8, 4) is 0 Å². The largest absolute Gasteiger partial charge is 0.381 e. The number of hydrogen-bond acceptors (Lipinski definition) is 3. The van der Waals surface area contributed by atoms with E-state index in [2.05, 4.69) is 44.6 Å². The van der Waals surface area contributed by atoms with Crippen LogP contribution in [0.3, 0.4) is 0 Å². The van der Waals surface area contributed by atoms with Crippen LogP contribution < -0.4 is 0 Å². The summed E-state index contributed by atoms with van der Waals surface area (Å²) in [6.07, 6.45) is 6.97. The van der Waals surface area contributed by atoms with Crippen molar-refractivity contribution in [3.63, 3.8) is 0 Å². The highest BCUT2D eigenvalue weighted by Gasteiger charge is 2.61. The van der Waals surface area contributed by atoms with Crippen molar-refractivity contribution in [1.29, 1.82) is 0 Å². The Kier molecular flexibility index (Phi) is 5.96. The Labute approximate surface area is 192 Å². The molecule has 0 heterocycles. The molecule has 5 heteroatoms. The van der Waals surface area contributed by atoms with Gasteiger partial charge in [0, 0.05) is 21.6 Å². The highest BCUT2D eigenvalue weighted by atomic mass is 16.3. The number of Topliss-reactive ketones (excluding diaryl/α,β-unsaturated/α-hetero) is 1. The van der Waals surface area contributed by atoms with Gasteiger partial charge in [0.15, 0.2) is 5.78 Å². The third-order valence-electron chi connectivity index (χ3n) is 10.2. The second-order valence-electron chi connectivity index (χ2n) is 11.9. The zero-order chi connectivity index (χ0) is 23.3. The van der Waals surface area contributed by atoms with Crippen LogP contribution in [0.15, 0.2) is 29.4 Å². The van der Waals surface area contributed by atoms with Crippen molar-refractivity contribution in [2.45, 2.75) is 85.2 Å². The molecule has 3 saturated carbocycles. The summed E-state index contributed by atoms with van der Waals surface area (Å²) in [6.45, 7) is 11.8. The minimum Gasteiger partial charge on any atom is -0.381 e. The first-order chi connectivity index (χ1) is 15.0. The van der Waals surface area contributed by atoms with Crippen molar-refractivity contribution >= 4 is 11.5 Å². The van der Waals surface area contributed by atoms with Gasteiger partial charge in [0.2, 0.25) is 0 Å². The molecule has 7 atom stereocenters. The van der Waals surface area contributed by atoms with Crippen LogP contribution in [0.5, 0.6) is 0 Å². The van der Waals surface area contributed by atoms with Gasteiger partial charge in [-0.3, -0.25) is 4.79 Å². The number of hydrogen-bond donors (Lipinski definition) is 1. The Morgan fingerprint density at radius 3 is 2.50 bits per heavy atom. The third-order valence-corrected chi connectivity index (χ3v) is 10.2. The molecule has 2 bridgehead atoms. The summed E-state index contributed by atoms with van der Waals surface area (Å²) in [5.74, 6) is 2.57. The first-order valence-electron chi connectivity index (χ1n) is 12.5. The van der Waals surface area contributed by atoms with E-state index in [9.17, 15) is 9.90 Å². The molecule has 0 spiro atoms. The van der Waals surface area contributed by atoms with E-state index in [0.29, 0.717) is 52.7 Å². The fourth-order valence-electron chi connectivity index (χ4n) is 8.03. The Bertz CT molecular complexity index is 937. The molecule has 1 N–H and O–H groups in total. The van der Waals surface area contributed by atoms with Crippen LogP contribution >= 0.6 is 0 Å². The first-order valence-corrected chi connectivity index (χ1v) is 12.5. The van der Waals surface area contributed by atoms with E-state index in [1.54, 1.807) is 24.3 Å². The van der Waals surface area contributed by atoms with E-state index in [4.69, 9.17) is 5.53 Å². The molecule has 5 nitrogen and oxygen atoms in total. The summed E-state index contributed by atoms with van der Waals surface area (Å²) in [6, 6.07) is 6.79. The van der Waals surface area contributed by atoms with Crippen molar-refractivity contribution in [1.82, 2.24) is 0 Å². The van der Waals surface area contributed by atoms with Gasteiger partial charge in [-0.1, -0.05) is 64.4 Å². The molecule has 0 saturated heterocycles. The van der Waals surface area contributed by atoms with Crippen molar-refractivity contribution in [2.24, 2.45) is 45.5 Å². The lowest BCUT2D eigenvalue weighted by atomic mass is 9.45. The highest BCUT2D eigenvalue weighted by molar-refractivity contribution is 6.03. The second kappa shape index (κ2) is 8.18. The van der Waals surface area contributed by atoms with Crippen molar-refractivity contribution in [3.05, 3.63) is 40.3 Å². The number of azide groups is 1. The molecule has 0 radical (unpaired) electrons. The van der Waals surface area contributed by atoms with E-state index >= 15 is 0 Å². The maximum Gasteiger partial charge on any atom is 0.194 e. The van der Waals surface area contributed by atoms with E-state index < -0.39 is 11.0 Å². The smallest absolute Gasteiger partial charge is 0.194 e. The molecule has 0 amide bonds. The minimum atomic E-state index is -1.39. The molecular weight excluding hydrogens is 398 g/mol. The monoisotopic (exact) mass is 437 g/mol. The van der Waals surface area contributed by atoms with E-state index in [0.717, 1.165) is 25.7 Å². The van der Waals surface area contributed by atoms with Gasteiger partial charge in [0.05, 0.1) is 0 Å². The molecule has 32 heavy (non-hydrogen) atoms. The van der Waals surface area contributed by atoms with E-state index in [1.807, 2.05) is 0 Å². The number of nitrogens with zero attached hydrogens (tertiary/aromatic N) is 3. The third kappa shape index (κ3) is 3.49. The van der Waals surface area contributed by atoms with Crippen LogP contribution in [0, 0.1) is 40.4 Å². The second-order valence-corrected chi connectivity index (χ2v) is 11.9. The van der Waals surface area contributed by atoms with Gasteiger partial charge in [-0.15, -0.1) is 0 Å². The van der Waals surface area contributed by atoms with Crippen molar-refractivity contribution < 1.29 is 9.90 Å². The molecule has 1 unspecified atom stereocenters. The standard InChI is InChI=1S/C27H39N3O2/c1-17-9-10-20-16-23-18(2)11-14-27(32,26(23,5)13-12-22(17)25(20,3)4)24(31)19-7-6-8-21(15-19)29-30-28/h6-8,15,17-18,20,22-23,32H,9-14,16H2,1-5H3/t17-,18-,20+,22+,23-,26+,27?/m1/s1. The van der Waals surface area contributed by atoms with E-state index in [-0.39, 0.29) is 5.78 Å². The Balaban J connectivity index is 1.75. The summed E-state index contributed by atoms with van der Waals surface area (Å²) < 4.78 is 0. The Morgan fingerprint density at radius 1 is 1.06 bits per heavy atom. The normalized spacial score (nSPS) is 40.9. The molecule has 1 aromatic carbocycles. The van der Waals surface area contributed by atoms with Crippen LogP contribution in [0.25, 0.3) is 10.4 Å². The predicted molar refractivity (Wildman–Crippen MR) is 128 cm³/mol. The Hall–Kier alpha value is -1.84. The molecule has 4 rings (SSSR count). The zero-order valence-electron chi connectivity index (χ0n) is 20.3. The topological polar surface area (TPSA) is 86.1 Å². The van der Waals surface area contributed by atoms with Gasteiger partial charge < -0.3 is 5.11 Å². The SMILES string of the molecule is C[C@@H]1CCC(O)(C(=O)c2cccc(N=[N+]=[N-])c2)[C@@]2(C)CC[C@H]3[C@H](C)CC[C@@H](C[C@H]12)C3(C)C. The molecule has 3 aliphatic carbocycles. The average Bonchev–Trinajstić information content (AvgIpc) is 2.74. The van der Waals surface area contributed by atoms with Gasteiger partial charge in [0.1, 0.15) is 5.60 Å². The zero-order valence-corrected chi connectivity index (χ0v) is 20.3. The van der Waals surface area contributed by atoms with Crippen molar-refractivity contribution in [2.75, 3.05) is 0 Å². The quantitative estimate of drug-likeness (QED) is 0.230. The molecular formula is C27H39N3O2. The number of benzene rings is 1. The van der Waals surface area contributed by atoms with Gasteiger partial charge in [-0.05, 0) is 85.1 Å². The van der Waals surface area contributed by atoms with Crippen LogP contribution in [0.4, 0.5) is 5.69 Å². The molecule has 0 aromatic heterocycles. The molecule has 174 valence electrons. The molecule has 3 fully saturated rings. The number of fused-ring (bicyclic) bond motifs is 3. The summed E-state index contributed by atoms with van der Waals surface area (Å²) in [5, 5.41) is 15.9. The van der Waals surface area contributed by atoms with Gasteiger partial charge in [0.25, 0.3) is 0 Å². The minimum absolute atomic E-state index is 0.204. The van der Waals surface area contributed by atoms with Gasteiger partial charge >= 0.3 is 0 Å². The number of carbonyl (C=O) groups excluding carboxylic acids is 1. The number of ketones is 1. The van der Waals surface area contributed by atoms with Gasteiger partial charge in [-0.2, -0.15) is 0 Å². The summed E-state index contributed by atoms with van der Waals surface area (Å²) in [7, 11) is 0. The van der Waals surface area contributed by atoms with Crippen LogP contribution in [0.2, 0.25) is 0 Å². The fourth-order valence-corrected chi connectivity index (χ4v) is 8.03. The number of carbonyl (C=O) groups is 1. The highest BCUT2D eigenvalue weighted by Crippen LogP contribution is 2.63. The molecule has 1 aromatic rings. The lowest BCUT2D eigenvalue weighted by Gasteiger charge is -2.61. The number of rotatable bonds is 3. The van der Waals surface area contributed by atoms with Crippen LogP contribution in [-0.4, -0.2) is 16.5 Å². The maximum absolute atomic E-state index is 13.9. The van der Waals surface area contributed by atoms with Gasteiger partial charge in [-0.25, -0.2) is 0 Å². The average molecular weight is 438 g/mol. The molecule has 3 aliphatic rings. The van der Waals surface area contributed by atoms with Crippen LogP contribution in [-0.2, 0) is 0 Å². The molecule has 0 aliphatic heterocycles. The lowest BCUT2D eigenvalue weighted by molar-refractivity contribution is -0.157. The fraction of sp³-hybridized carbons (Fsp3) is 0.741. The summed E-state index contributed by atoms with van der Waals surface area (Å²) in [5.41, 5.74) is 8.12. The summed E-state index contributed by atoms with van der Waals surface area (Å²) in [4.78, 5) is 16.7. The maximum atomic E-state index is 13.9. The predicted octanol–water partition coefficient (Wildman–Crippen LogP) is 7.47. The number of aliphatic hydroxyl groups is 1. The van der Waals surface area contributed by atoms with E-state index in [1.165, 1.54) is 12.8 Å².